The maximum Gasteiger partial charge on any atom is 0.411 e. The Kier molecular flexibility index (Phi) is 5.50. The van der Waals surface area contributed by atoms with Gasteiger partial charge in [0, 0.05) is 27.3 Å². The van der Waals surface area contributed by atoms with Crippen molar-refractivity contribution in [1.82, 2.24) is 4.98 Å². The van der Waals surface area contributed by atoms with E-state index in [-0.39, 0.29) is 5.91 Å². The Morgan fingerprint density at radius 3 is 2.42 bits per heavy atom. The number of anilines is 2. The summed E-state index contributed by atoms with van der Waals surface area (Å²) in [5, 5.41) is 8.32. The van der Waals surface area contributed by atoms with Crippen LogP contribution in [-0.2, 0) is 4.74 Å². The Labute approximate surface area is 158 Å². The van der Waals surface area contributed by atoms with Crippen LogP contribution >= 0.6 is 22.9 Å². The number of benzene rings is 2. The van der Waals surface area contributed by atoms with Crippen LogP contribution in [0, 0.1) is 0 Å². The third-order valence-corrected chi connectivity index (χ3v) is 4.51. The number of nitrogens with one attached hydrogen (secondary N) is 2. The van der Waals surface area contributed by atoms with E-state index >= 15 is 0 Å². The molecule has 2 N–H and O–H groups in total. The quantitative estimate of drug-likeness (QED) is 0.667. The molecule has 2 aromatic carbocycles. The number of carbonyl (C=O) groups excluding carboxylic acids is 2. The summed E-state index contributed by atoms with van der Waals surface area (Å²) < 4.78 is 4.52. The van der Waals surface area contributed by atoms with Crippen molar-refractivity contribution in [3.63, 3.8) is 0 Å². The van der Waals surface area contributed by atoms with Crippen LogP contribution in [0.4, 0.5) is 16.2 Å². The van der Waals surface area contributed by atoms with Crippen LogP contribution in [0.25, 0.3) is 10.6 Å². The molecule has 26 heavy (non-hydrogen) atoms. The van der Waals surface area contributed by atoms with Gasteiger partial charge in [0.25, 0.3) is 5.91 Å². The molecule has 0 saturated carbocycles. The number of amides is 2. The number of hydrogen-bond acceptors (Lipinski definition) is 5. The van der Waals surface area contributed by atoms with Gasteiger partial charge in [0.15, 0.2) is 0 Å². The Morgan fingerprint density at radius 2 is 1.77 bits per heavy atom. The Morgan fingerprint density at radius 1 is 1.08 bits per heavy atom. The van der Waals surface area contributed by atoms with Crippen LogP contribution in [-0.4, -0.2) is 24.1 Å². The van der Waals surface area contributed by atoms with E-state index < -0.39 is 6.09 Å². The number of aromatic nitrogens is 1. The van der Waals surface area contributed by atoms with Crippen molar-refractivity contribution >= 4 is 46.3 Å². The smallest absolute Gasteiger partial charge is 0.411 e. The van der Waals surface area contributed by atoms with Crippen LogP contribution in [0.3, 0.4) is 0 Å². The molecule has 0 fully saturated rings. The highest BCUT2D eigenvalue weighted by Gasteiger charge is 2.12. The van der Waals surface area contributed by atoms with Gasteiger partial charge in [-0.3, -0.25) is 10.1 Å². The molecule has 2 amide bonds. The van der Waals surface area contributed by atoms with Crippen LogP contribution in [0.5, 0.6) is 0 Å². The molecule has 0 aliphatic carbocycles. The van der Waals surface area contributed by atoms with E-state index in [9.17, 15) is 9.59 Å². The van der Waals surface area contributed by atoms with Crippen LogP contribution < -0.4 is 10.6 Å². The molecule has 0 aliphatic heterocycles. The van der Waals surface area contributed by atoms with E-state index in [1.807, 2.05) is 12.1 Å². The van der Waals surface area contributed by atoms with Gasteiger partial charge in [-0.25, -0.2) is 9.78 Å². The molecule has 0 saturated heterocycles. The fourth-order valence-electron chi connectivity index (χ4n) is 2.13. The molecule has 0 radical (unpaired) electrons. The minimum atomic E-state index is -0.558. The average molecular weight is 388 g/mol. The van der Waals surface area contributed by atoms with E-state index in [1.54, 1.807) is 41.8 Å². The highest BCUT2D eigenvalue weighted by molar-refractivity contribution is 7.13. The number of halogens is 1. The minimum absolute atomic E-state index is 0.316. The topological polar surface area (TPSA) is 80.3 Å². The summed E-state index contributed by atoms with van der Waals surface area (Å²) in [5.41, 5.74) is 2.33. The summed E-state index contributed by atoms with van der Waals surface area (Å²) in [6, 6.07) is 14.0. The number of hydrogen-bond donors (Lipinski definition) is 2. The maximum absolute atomic E-state index is 12.4. The molecule has 3 rings (SSSR count). The van der Waals surface area contributed by atoms with Gasteiger partial charge in [0.1, 0.15) is 10.7 Å². The first-order valence-corrected chi connectivity index (χ1v) is 8.79. The van der Waals surface area contributed by atoms with E-state index in [1.165, 1.54) is 18.4 Å². The van der Waals surface area contributed by atoms with Crippen molar-refractivity contribution in [2.24, 2.45) is 0 Å². The summed E-state index contributed by atoms with van der Waals surface area (Å²) >= 11 is 7.36. The SMILES string of the molecule is COC(=O)Nc1ccc(NC(=O)c2csc(-c3cccc(Cl)c3)n2)cc1. The molecule has 6 nitrogen and oxygen atoms in total. The second-order valence-electron chi connectivity index (χ2n) is 5.20. The molecular weight excluding hydrogens is 374 g/mol. The molecule has 3 aromatic rings. The van der Waals surface area contributed by atoms with Crippen molar-refractivity contribution in [2.75, 3.05) is 17.7 Å². The van der Waals surface area contributed by atoms with Crippen molar-refractivity contribution in [3.05, 3.63) is 64.6 Å². The van der Waals surface area contributed by atoms with Crippen LogP contribution in [0.15, 0.2) is 53.9 Å². The molecular formula is C18H14ClN3O3S. The first-order chi connectivity index (χ1) is 12.5. The molecule has 132 valence electrons. The van der Waals surface area contributed by atoms with Gasteiger partial charge in [0.2, 0.25) is 0 Å². The van der Waals surface area contributed by atoms with Crippen LogP contribution in [0.1, 0.15) is 10.5 Å². The number of methoxy groups -OCH3 is 1. The van der Waals surface area contributed by atoms with Gasteiger partial charge < -0.3 is 10.1 Å². The number of thiazole rings is 1. The summed E-state index contributed by atoms with van der Waals surface area (Å²) in [6.45, 7) is 0. The summed E-state index contributed by atoms with van der Waals surface area (Å²) in [5.74, 6) is -0.316. The molecule has 0 spiro atoms. The zero-order valence-corrected chi connectivity index (χ0v) is 15.2. The number of ether oxygens (including phenoxy) is 1. The first-order valence-electron chi connectivity index (χ1n) is 7.53. The lowest BCUT2D eigenvalue weighted by molar-refractivity contribution is 0.102. The van der Waals surface area contributed by atoms with E-state index in [0.717, 1.165) is 10.6 Å². The number of nitrogens with zero attached hydrogens (tertiary/aromatic N) is 1. The molecule has 1 heterocycles. The molecule has 0 aliphatic rings. The van der Waals surface area contributed by atoms with E-state index in [0.29, 0.717) is 22.1 Å². The lowest BCUT2D eigenvalue weighted by Gasteiger charge is -2.06. The Hall–Kier alpha value is -2.90. The van der Waals surface area contributed by atoms with Gasteiger partial charge in [0.05, 0.1) is 7.11 Å². The highest BCUT2D eigenvalue weighted by atomic mass is 35.5. The zero-order valence-electron chi connectivity index (χ0n) is 13.7. The van der Waals surface area contributed by atoms with Gasteiger partial charge in [-0.1, -0.05) is 23.7 Å². The van der Waals surface area contributed by atoms with Gasteiger partial charge in [-0.15, -0.1) is 11.3 Å². The van der Waals surface area contributed by atoms with Gasteiger partial charge in [-0.05, 0) is 36.4 Å². The number of rotatable bonds is 4. The second kappa shape index (κ2) is 7.99. The van der Waals surface area contributed by atoms with E-state index in [2.05, 4.69) is 20.4 Å². The average Bonchev–Trinajstić information content (AvgIpc) is 3.13. The minimum Gasteiger partial charge on any atom is -0.453 e. The summed E-state index contributed by atoms with van der Waals surface area (Å²) in [6.07, 6.45) is -0.558. The fourth-order valence-corrected chi connectivity index (χ4v) is 3.12. The summed E-state index contributed by atoms with van der Waals surface area (Å²) in [4.78, 5) is 27.9. The predicted octanol–water partition coefficient (Wildman–Crippen LogP) is 4.89. The molecule has 8 heteroatoms. The van der Waals surface area contributed by atoms with Crippen molar-refractivity contribution in [3.8, 4) is 10.6 Å². The van der Waals surface area contributed by atoms with Crippen molar-refractivity contribution in [1.29, 1.82) is 0 Å². The maximum atomic E-state index is 12.4. The Balaban J connectivity index is 1.68. The standard InChI is InChI=1S/C18H14ClN3O3S/c1-25-18(24)21-14-7-5-13(6-8-14)20-16(23)15-10-26-17(22-15)11-3-2-4-12(19)9-11/h2-10H,1H3,(H,20,23)(H,21,24). The van der Waals surface area contributed by atoms with Gasteiger partial charge in [-0.2, -0.15) is 0 Å². The third-order valence-electron chi connectivity index (χ3n) is 3.38. The molecule has 0 unspecified atom stereocenters. The van der Waals surface area contributed by atoms with Crippen molar-refractivity contribution in [2.45, 2.75) is 0 Å². The highest BCUT2D eigenvalue weighted by Crippen LogP contribution is 2.26. The van der Waals surface area contributed by atoms with Gasteiger partial charge >= 0.3 is 6.09 Å². The lowest BCUT2D eigenvalue weighted by atomic mass is 10.2. The summed E-state index contributed by atoms with van der Waals surface area (Å²) in [7, 11) is 1.29. The van der Waals surface area contributed by atoms with Crippen molar-refractivity contribution < 1.29 is 14.3 Å². The Bertz CT molecular complexity index is 941. The molecule has 0 atom stereocenters. The van der Waals surface area contributed by atoms with E-state index in [4.69, 9.17) is 11.6 Å². The normalized spacial score (nSPS) is 10.2. The predicted molar refractivity (Wildman–Crippen MR) is 103 cm³/mol. The lowest BCUT2D eigenvalue weighted by Crippen LogP contribution is -2.13. The number of carbonyl (C=O) groups is 2. The third kappa shape index (κ3) is 4.38. The molecule has 0 bridgehead atoms. The largest absolute Gasteiger partial charge is 0.453 e. The first kappa shape index (κ1) is 17.9. The van der Waals surface area contributed by atoms with Crippen LogP contribution in [0.2, 0.25) is 5.02 Å². The monoisotopic (exact) mass is 387 g/mol. The zero-order chi connectivity index (χ0) is 18.5. The second-order valence-corrected chi connectivity index (χ2v) is 6.49. The fraction of sp³-hybridized carbons (Fsp3) is 0.0556. The molecule has 1 aromatic heterocycles.